The number of hydrogen-bond acceptors (Lipinski definition) is 3. The van der Waals surface area contributed by atoms with E-state index in [4.69, 9.17) is 0 Å². The number of carbonyl (C=O) groups is 1. The number of thioether (sulfide) groups is 1. The van der Waals surface area contributed by atoms with Gasteiger partial charge in [0.1, 0.15) is 11.6 Å². The van der Waals surface area contributed by atoms with Crippen LogP contribution in [0.5, 0.6) is 0 Å². The molecule has 0 aromatic rings. The smallest absolute Gasteiger partial charge is 0.207 e. The molecule has 1 N–H and O–H groups in total. The molecule has 1 rings (SSSR count). The van der Waals surface area contributed by atoms with Gasteiger partial charge in [0.05, 0.1) is 6.54 Å². The fraction of sp³-hybridized carbons (Fsp3) is 0.333. The van der Waals surface area contributed by atoms with Gasteiger partial charge in [-0.25, -0.2) is 0 Å². The summed E-state index contributed by atoms with van der Waals surface area (Å²) < 4.78 is 0. The average Bonchev–Trinajstić information content (AvgIpc) is 2.03. The fourth-order valence-electron chi connectivity index (χ4n) is 0.508. The van der Waals surface area contributed by atoms with Crippen molar-refractivity contribution in [3.05, 3.63) is 0 Å². The first-order valence-corrected chi connectivity index (χ1v) is 3.60. The van der Waals surface area contributed by atoms with Crippen molar-refractivity contribution in [2.24, 2.45) is 4.99 Å². The van der Waals surface area contributed by atoms with Crippen LogP contribution in [-0.4, -0.2) is 24.5 Å². The van der Waals surface area contributed by atoms with Crippen LogP contribution in [0, 0.1) is 11.2 Å². The summed E-state index contributed by atoms with van der Waals surface area (Å²) in [5, 5.41) is 6.22. The van der Waals surface area contributed by atoms with Gasteiger partial charge in [-0.1, -0.05) is 5.92 Å². The van der Waals surface area contributed by atoms with E-state index in [1.807, 2.05) is 0 Å². The lowest BCUT2D eigenvalue weighted by Gasteiger charge is -2.01. The molecule has 0 aromatic heterocycles. The summed E-state index contributed by atoms with van der Waals surface area (Å²) in [7, 11) is 0. The maximum atomic E-state index is 9.84. The molecule has 0 aliphatic carbocycles. The lowest BCUT2D eigenvalue weighted by molar-refractivity contribution is -0.109. The Kier molecular flexibility index (Phi) is 2.84. The molecule has 0 fully saturated rings. The van der Waals surface area contributed by atoms with Crippen molar-refractivity contribution >= 4 is 23.2 Å². The van der Waals surface area contributed by atoms with E-state index in [0.29, 0.717) is 19.5 Å². The fourth-order valence-corrected chi connectivity index (χ4v) is 1.05. The Hall–Kier alpha value is -0.950. The van der Waals surface area contributed by atoms with E-state index in [0.717, 1.165) is 5.04 Å². The molecule has 0 bridgehead atoms. The zero-order valence-electron chi connectivity index (χ0n) is 5.26. The van der Waals surface area contributed by atoms with Crippen molar-refractivity contribution in [3.8, 4) is 11.2 Å². The third-order valence-electron chi connectivity index (χ3n) is 0.912. The number of nitrogens with one attached hydrogen (secondary N) is 1. The molecule has 1 amide bonds. The van der Waals surface area contributed by atoms with Crippen LogP contribution in [0.25, 0.3) is 0 Å². The minimum Gasteiger partial charge on any atom is -0.352 e. The van der Waals surface area contributed by atoms with Crippen LogP contribution in [0.1, 0.15) is 0 Å². The first kappa shape index (κ1) is 7.16. The third kappa shape index (κ3) is 2.11. The predicted molar refractivity (Wildman–Crippen MR) is 41.7 cm³/mol. The van der Waals surface area contributed by atoms with Gasteiger partial charge in [-0.15, -0.1) is 0 Å². The molecule has 0 unspecified atom stereocenters. The van der Waals surface area contributed by atoms with Crippen LogP contribution >= 0.6 is 11.8 Å². The number of rotatable bonds is 3. The summed E-state index contributed by atoms with van der Waals surface area (Å²) >= 11 is 1.37. The Labute approximate surface area is 63.3 Å². The van der Waals surface area contributed by atoms with Gasteiger partial charge in [-0.3, -0.25) is 9.79 Å². The highest BCUT2D eigenvalue weighted by Crippen LogP contribution is 2.03. The molecule has 0 radical (unpaired) electrons. The number of aliphatic imine (C=N–C) groups is 1. The van der Waals surface area contributed by atoms with Crippen molar-refractivity contribution < 1.29 is 4.79 Å². The summed E-state index contributed by atoms with van der Waals surface area (Å²) in [6, 6.07) is 0. The normalized spacial score (nSPS) is 14.6. The Morgan fingerprint density at radius 1 is 1.90 bits per heavy atom. The molecule has 0 atom stereocenters. The lowest BCUT2D eigenvalue weighted by atomic mass is 10.6. The van der Waals surface area contributed by atoms with E-state index in [1.54, 1.807) is 0 Å². The topological polar surface area (TPSA) is 41.5 Å². The van der Waals surface area contributed by atoms with Crippen LogP contribution in [-0.2, 0) is 4.79 Å². The van der Waals surface area contributed by atoms with E-state index >= 15 is 0 Å². The molecular weight excluding hydrogens is 148 g/mol. The van der Waals surface area contributed by atoms with Gasteiger partial charge in [0, 0.05) is 0 Å². The molecule has 0 spiro atoms. The molecular formula is C6H6N2OS. The number of carbonyl (C=O) groups excluding carboxylic acids is 1. The van der Waals surface area contributed by atoms with Crippen molar-refractivity contribution in [2.45, 2.75) is 0 Å². The Balaban J connectivity index is 2.30. The number of hydrogen-bond donors (Lipinski definition) is 1. The van der Waals surface area contributed by atoms with Crippen LogP contribution in [0.4, 0.5) is 0 Å². The van der Waals surface area contributed by atoms with Gasteiger partial charge in [0.15, 0.2) is 0 Å². The summed E-state index contributed by atoms with van der Waals surface area (Å²) in [5.74, 6) is 2.80. The second-order valence-electron chi connectivity index (χ2n) is 1.59. The molecule has 3 nitrogen and oxygen atoms in total. The molecule has 1 aliphatic heterocycles. The highest BCUT2D eigenvalue weighted by molar-refractivity contribution is 8.18. The maximum Gasteiger partial charge on any atom is 0.207 e. The number of amides is 1. The van der Waals surface area contributed by atoms with Crippen molar-refractivity contribution in [1.29, 1.82) is 0 Å². The molecule has 0 aromatic carbocycles. The molecule has 4 heteroatoms. The Bertz CT molecular complexity index is 214. The van der Waals surface area contributed by atoms with Crippen LogP contribution in [0.15, 0.2) is 4.99 Å². The van der Waals surface area contributed by atoms with Crippen LogP contribution in [0.2, 0.25) is 0 Å². The van der Waals surface area contributed by atoms with E-state index in [-0.39, 0.29) is 0 Å². The van der Waals surface area contributed by atoms with Gasteiger partial charge >= 0.3 is 0 Å². The third-order valence-corrected chi connectivity index (χ3v) is 1.67. The molecule has 1 aliphatic rings. The van der Waals surface area contributed by atoms with E-state index in [2.05, 4.69) is 21.5 Å². The van der Waals surface area contributed by atoms with E-state index < -0.39 is 0 Å². The Morgan fingerprint density at radius 2 is 2.80 bits per heavy atom. The second kappa shape index (κ2) is 3.96. The molecule has 52 valence electrons. The second-order valence-corrected chi connectivity index (χ2v) is 2.47. The summed E-state index contributed by atoms with van der Waals surface area (Å²) in [6.45, 7) is 1.06. The summed E-state index contributed by atoms with van der Waals surface area (Å²) in [5.41, 5.74) is 0. The van der Waals surface area contributed by atoms with Gasteiger partial charge in [0.2, 0.25) is 6.41 Å². The quantitative estimate of drug-likeness (QED) is 0.453. The highest BCUT2D eigenvalue weighted by atomic mass is 32.2. The predicted octanol–water partition coefficient (Wildman–Crippen LogP) is -0.161. The minimum atomic E-state index is 0.503. The lowest BCUT2D eigenvalue weighted by Crippen LogP contribution is -2.19. The molecule has 10 heavy (non-hydrogen) atoms. The van der Waals surface area contributed by atoms with Crippen molar-refractivity contribution in [2.75, 3.05) is 13.1 Å². The minimum absolute atomic E-state index is 0.503. The van der Waals surface area contributed by atoms with Crippen LogP contribution in [0.3, 0.4) is 0 Å². The zero-order chi connectivity index (χ0) is 7.23. The highest BCUT2D eigenvalue weighted by Gasteiger charge is 1.98. The monoisotopic (exact) mass is 154 g/mol. The average molecular weight is 154 g/mol. The summed E-state index contributed by atoms with van der Waals surface area (Å²) in [4.78, 5) is 13.9. The molecule has 1 heterocycles. The van der Waals surface area contributed by atoms with Gasteiger partial charge in [-0.05, 0) is 17.0 Å². The molecule has 0 saturated heterocycles. The van der Waals surface area contributed by atoms with E-state index in [1.165, 1.54) is 11.8 Å². The summed E-state index contributed by atoms with van der Waals surface area (Å²) in [6.07, 6.45) is 0.658. The zero-order valence-corrected chi connectivity index (χ0v) is 6.07. The van der Waals surface area contributed by atoms with Crippen molar-refractivity contribution in [3.63, 3.8) is 0 Å². The first-order chi connectivity index (χ1) is 4.93. The van der Waals surface area contributed by atoms with Gasteiger partial charge in [0.25, 0.3) is 0 Å². The van der Waals surface area contributed by atoms with Gasteiger partial charge < -0.3 is 5.32 Å². The van der Waals surface area contributed by atoms with Gasteiger partial charge in [-0.2, -0.15) is 0 Å². The number of nitrogens with zero attached hydrogens (tertiary/aromatic N) is 1. The first-order valence-electron chi connectivity index (χ1n) is 2.78. The van der Waals surface area contributed by atoms with Crippen LogP contribution < -0.4 is 5.32 Å². The largest absolute Gasteiger partial charge is 0.352 e. The SMILES string of the molecule is O=CNCC1=NCC#CS1. The van der Waals surface area contributed by atoms with Crippen molar-refractivity contribution in [1.82, 2.24) is 5.32 Å². The maximum absolute atomic E-state index is 9.84. The Morgan fingerprint density at radius 3 is 3.40 bits per heavy atom. The van der Waals surface area contributed by atoms with E-state index in [9.17, 15) is 4.79 Å². The molecule has 0 saturated carbocycles. The standard InChI is InChI=1S/C6H6N2OS/c9-5-7-4-6-8-2-1-3-10-6/h5H,2,4H2,(H,7,9).